The van der Waals surface area contributed by atoms with Gasteiger partial charge in [0.05, 0.1) is 0 Å². The minimum atomic E-state index is -0.993. The van der Waals surface area contributed by atoms with E-state index < -0.39 is 34.7 Å². The van der Waals surface area contributed by atoms with Crippen LogP contribution in [0.3, 0.4) is 0 Å². The van der Waals surface area contributed by atoms with Crippen molar-refractivity contribution in [3.8, 4) is 0 Å². The van der Waals surface area contributed by atoms with Gasteiger partial charge in [0, 0.05) is 0 Å². The molecule has 0 aromatic rings. The largest absolute Gasteiger partial charge is 0.179 e. The van der Waals surface area contributed by atoms with Gasteiger partial charge in [-0.05, 0) is 11.5 Å². The van der Waals surface area contributed by atoms with Gasteiger partial charge in [0.1, 0.15) is 0 Å². The first kappa shape index (κ1) is 20.6. The Hall–Kier alpha value is 4.57. The molecular formula is C8H18Bi2S8. The van der Waals surface area contributed by atoms with Crippen LogP contribution in [0.25, 0.3) is 0 Å². The molecule has 2 fully saturated rings. The van der Waals surface area contributed by atoms with E-state index in [0.717, 1.165) is 11.5 Å². The average molecular weight is 789 g/mol. The van der Waals surface area contributed by atoms with Crippen LogP contribution in [0, 0.1) is 0 Å². The SMILES string of the molecule is C1C[S][Bi]([S]CC[S][Bi]2[S]CC[S]2)[S]1.SCCS. The van der Waals surface area contributed by atoms with E-state index in [1.165, 1.54) is 34.5 Å². The third kappa shape index (κ3) is 11.2. The third-order valence-electron chi connectivity index (χ3n) is 1.53. The van der Waals surface area contributed by atoms with Crippen molar-refractivity contribution in [2.75, 3.05) is 46.0 Å². The van der Waals surface area contributed by atoms with Gasteiger partial charge in [-0.1, -0.05) is 0 Å². The fourth-order valence-corrected chi connectivity index (χ4v) is 70.6. The normalized spacial score (nSPS) is 21.0. The van der Waals surface area contributed by atoms with E-state index in [0.29, 0.717) is 0 Å². The van der Waals surface area contributed by atoms with Gasteiger partial charge in [0.25, 0.3) is 0 Å². The standard InChI is InChI=1S/4C2H6S2.2Bi/c4*3-1-2-4;;/h4*3-4H,1-2H2;;/q;;;;2*+3/p-6. The van der Waals surface area contributed by atoms with Gasteiger partial charge in [0.15, 0.2) is 0 Å². The van der Waals surface area contributed by atoms with Gasteiger partial charge < -0.3 is 0 Å². The topological polar surface area (TPSA) is 0 Å². The summed E-state index contributed by atoms with van der Waals surface area (Å²) in [4.78, 5) is 0. The van der Waals surface area contributed by atoms with Crippen molar-refractivity contribution < 1.29 is 0 Å². The summed E-state index contributed by atoms with van der Waals surface area (Å²) in [5.41, 5.74) is 0. The molecule has 18 heavy (non-hydrogen) atoms. The van der Waals surface area contributed by atoms with Crippen LogP contribution in [0.2, 0.25) is 0 Å². The number of thiol groups is 2. The summed E-state index contributed by atoms with van der Waals surface area (Å²) in [6.45, 7) is 0. The zero-order chi connectivity index (χ0) is 13.1. The molecule has 2 aliphatic rings. The van der Waals surface area contributed by atoms with Crippen molar-refractivity contribution in [3.63, 3.8) is 0 Å². The average Bonchev–Trinajstić information content (AvgIpc) is 3.08. The Kier molecular flexibility index (Phi) is 17.3. The van der Waals surface area contributed by atoms with Gasteiger partial charge >= 0.3 is 120 Å². The summed E-state index contributed by atoms with van der Waals surface area (Å²) in [5.74, 6) is 10.6. The minimum Gasteiger partial charge on any atom is -0.179 e. The molecule has 108 valence electrons. The van der Waals surface area contributed by atoms with E-state index in [1.807, 2.05) is 0 Å². The van der Waals surface area contributed by atoms with Gasteiger partial charge in [-0.25, -0.2) is 0 Å². The van der Waals surface area contributed by atoms with Crippen molar-refractivity contribution >= 4 is 111 Å². The molecule has 2 saturated heterocycles. The molecule has 0 aromatic heterocycles. The fourth-order valence-electron chi connectivity index (χ4n) is 0.894. The van der Waals surface area contributed by atoms with Crippen LogP contribution in [0.15, 0.2) is 0 Å². The molecule has 0 radical (unpaired) electrons. The summed E-state index contributed by atoms with van der Waals surface area (Å²) in [5, 5.41) is 0. The molecule has 10 heteroatoms. The van der Waals surface area contributed by atoms with Crippen molar-refractivity contribution in [1.82, 2.24) is 0 Å². The first-order valence-corrected chi connectivity index (χ1v) is 37.9. The van der Waals surface area contributed by atoms with Crippen LogP contribution in [0.1, 0.15) is 0 Å². The van der Waals surface area contributed by atoms with Crippen molar-refractivity contribution in [2.45, 2.75) is 0 Å². The van der Waals surface area contributed by atoms with Gasteiger partial charge in [-0.15, -0.1) is 0 Å². The van der Waals surface area contributed by atoms with Gasteiger partial charge in [0.2, 0.25) is 0 Å². The zero-order valence-corrected chi connectivity index (χ0v) is 23.5. The fraction of sp³-hybridized carbons (Fsp3) is 1.00. The molecule has 0 amide bonds. The smallest absolute Gasteiger partial charge is 0.000932 e. The molecule has 0 atom stereocenters. The van der Waals surface area contributed by atoms with Crippen LogP contribution < -0.4 is 0 Å². The molecule has 0 aromatic carbocycles. The Morgan fingerprint density at radius 2 is 1.06 bits per heavy atom. The molecule has 0 nitrogen and oxygen atoms in total. The predicted molar refractivity (Wildman–Crippen MR) is 114 cm³/mol. The summed E-state index contributed by atoms with van der Waals surface area (Å²) in [6, 6.07) is 0. The van der Waals surface area contributed by atoms with Crippen molar-refractivity contribution in [1.29, 1.82) is 0 Å². The molecule has 0 spiro atoms. The van der Waals surface area contributed by atoms with Gasteiger partial charge in [-0.2, -0.15) is 25.3 Å². The van der Waals surface area contributed by atoms with E-state index in [1.54, 1.807) is 0 Å². The number of rotatable bonds is 6. The second-order valence-corrected chi connectivity index (χ2v) is 60.7. The molecule has 0 N–H and O–H groups in total. The third-order valence-corrected chi connectivity index (χ3v) is 67.5. The molecule has 0 unspecified atom stereocenters. The van der Waals surface area contributed by atoms with Crippen LogP contribution in [0.5, 0.6) is 0 Å². The summed E-state index contributed by atoms with van der Waals surface area (Å²) >= 11 is 5.70. The predicted octanol–water partition coefficient (Wildman–Crippen LogP) is 4.23. The van der Waals surface area contributed by atoms with Gasteiger partial charge in [-0.3, -0.25) is 0 Å². The summed E-state index contributed by atoms with van der Waals surface area (Å²) in [7, 11) is 14.2. The van der Waals surface area contributed by atoms with Crippen LogP contribution in [-0.4, -0.2) is 80.7 Å². The first-order valence-electron chi connectivity index (χ1n) is 5.46. The minimum absolute atomic E-state index is 0.878. The van der Waals surface area contributed by atoms with Crippen molar-refractivity contribution in [2.24, 2.45) is 0 Å². The van der Waals surface area contributed by atoms with E-state index in [-0.39, 0.29) is 0 Å². The maximum absolute atomic E-state index is 3.84. The Morgan fingerprint density at radius 1 is 0.722 bits per heavy atom. The molecule has 0 bridgehead atoms. The molecular weight excluding hydrogens is 771 g/mol. The van der Waals surface area contributed by atoms with Crippen LogP contribution in [-0.2, 0) is 0 Å². The number of hydrogen-bond acceptors (Lipinski definition) is 8. The van der Waals surface area contributed by atoms with E-state index in [2.05, 4.69) is 76.4 Å². The maximum Gasteiger partial charge on any atom is -0.000932 e. The second kappa shape index (κ2) is 15.1. The summed E-state index contributed by atoms with van der Waals surface area (Å²) in [6.07, 6.45) is 0. The Balaban J connectivity index is 0.000000357. The van der Waals surface area contributed by atoms with E-state index in [9.17, 15) is 0 Å². The first-order chi connectivity index (χ1) is 8.86. The molecule has 0 aliphatic carbocycles. The second-order valence-electron chi connectivity index (χ2n) is 2.89. The van der Waals surface area contributed by atoms with Crippen LogP contribution >= 0.6 is 76.4 Å². The Labute approximate surface area is 154 Å². The maximum atomic E-state index is 3.84. The molecule has 2 heterocycles. The molecule has 2 aliphatic heterocycles. The monoisotopic (exact) mass is 788 g/mol. The molecule has 0 saturated carbocycles. The quantitative estimate of drug-likeness (QED) is 0.234. The number of hydrogen-bond donors (Lipinski definition) is 2. The van der Waals surface area contributed by atoms with Crippen molar-refractivity contribution in [3.05, 3.63) is 0 Å². The van der Waals surface area contributed by atoms with E-state index in [4.69, 9.17) is 0 Å². The van der Waals surface area contributed by atoms with Crippen LogP contribution in [0.4, 0.5) is 0 Å². The Bertz CT molecular complexity index is 166. The van der Waals surface area contributed by atoms with E-state index >= 15 is 0 Å². The zero-order valence-electron chi connectivity index (χ0n) is 9.90. The molecule has 2 rings (SSSR count). The summed E-state index contributed by atoms with van der Waals surface area (Å²) < 4.78 is 0. The Morgan fingerprint density at radius 3 is 1.33 bits per heavy atom.